The molecule has 5 rings (SSSR count). The standard InChI is InChI=1S/C28H31N7O5S/c1-4-29-25(36)34-26-33-22-12-16(17-14-31-24(32-15-17)28(2,3)39)11-20(23(22)41-26)21-13-18(5-8-30-21)35-9-6-19(7-10-35)40-27(37)38/h5,8,11-15,19,39H,4,6-7,9-10H2,1-3H3,(H,37,38)(H2,29,33,34,36). The minimum atomic E-state index is -1.25. The van der Waals surface area contributed by atoms with Crippen LogP contribution in [0.1, 0.15) is 39.4 Å². The van der Waals surface area contributed by atoms with Gasteiger partial charge in [0.15, 0.2) is 11.0 Å². The number of urea groups is 1. The van der Waals surface area contributed by atoms with Crippen molar-refractivity contribution in [2.75, 3.05) is 29.9 Å². The van der Waals surface area contributed by atoms with E-state index in [9.17, 15) is 14.7 Å². The molecule has 4 N–H and O–H groups in total. The number of aliphatic hydroxyl groups is 1. The van der Waals surface area contributed by atoms with Crippen LogP contribution in [0.5, 0.6) is 0 Å². The van der Waals surface area contributed by atoms with Crippen molar-refractivity contribution >= 4 is 44.6 Å². The first-order valence-corrected chi connectivity index (χ1v) is 14.1. The van der Waals surface area contributed by atoms with Gasteiger partial charge < -0.3 is 25.2 Å². The number of thiazole rings is 1. The molecule has 12 nitrogen and oxygen atoms in total. The average Bonchev–Trinajstić information content (AvgIpc) is 3.34. The number of amides is 2. The molecule has 1 fully saturated rings. The van der Waals surface area contributed by atoms with Crippen LogP contribution in [-0.4, -0.2) is 68.1 Å². The van der Waals surface area contributed by atoms with Gasteiger partial charge in [-0.15, -0.1) is 0 Å². The number of nitrogens with zero attached hydrogens (tertiary/aromatic N) is 5. The van der Waals surface area contributed by atoms with Gasteiger partial charge in [-0.05, 0) is 50.6 Å². The predicted molar refractivity (Wildman–Crippen MR) is 156 cm³/mol. The quantitative estimate of drug-likeness (QED) is 0.223. The Balaban J connectivity index is 1.53. The smallest absolute Gasteiger partial charge is 0.450 e. The number of hydrogen-bond acceptors (Lipinski definition) is 10. The maximum atomic E-state index is 12.2. The third-order valence-corrected chi connectivity index (χ3v) is 7.69. The van der Waals surface area contributed by atoms with Gasteiger partial charge in [-0.25, -0.2) is 24.5 Å². The van der Waals surface area contributed by atoms with E-state index in [1.165, 1.54) is 11.3 Å². The molecule has 0 saturated carbocycles. The predicted octanol–water partition coefficient (Wildman–Crippen LogP) is 4.85. The number of aromatic nitrogens is 4. The largest absolute Gasteiger partial charge is 0.506 e. The molecule has 0 atom stereocenters. The van der Waals surface area contributed by atoms with Crippen molar-refractivity contribution in [1.82, 2.24) is 25.3 Å². The number of fused-ring (bicyclic) bond motifs is 1. The third kappa shape index (κ3) is 6.52. The fourth-order valence-electron chi connectivity index (χ4n) is 4.68. The van der Waals surface area contributed by atoms with Crippen molar-refractivity contribution in [2.45, 2.75) is 45.3 Å². The number of pyridine rings is 1. The van der Waals surface area contributed by atoms with E-state index in [1.54, 1.807) is 32.4 Å². The Morgan fingerprint density at radius 2 is 1.85 bits per heavy atom. The first-order chi connectivity index (χ1) is 19.6. The molecule has 0 aliphatic carbocycles. The lowest BCUT2D eigenvalue weighted by Gasteiger charge is -2.32. The maximum Gasteiger partial charge on any atom is 0.506 e. The van der Waals surface area contributed by atoms with Crippen molar-refractivity contribution in [1.29, 1.82) is 0 Å². The highest BCUT2D eigenvalue weighted by atomic mass is 32.1. The van der Waals surface area contributed by atoms with E-state index >= 15 is 0 Å². The highest BCUT2D eigenvalue weighted by molar-refractivity contribution is 7.22. The number of hydrogen-bond donors (Lipinski definition) is 4. The summed E-state index contributed by atoms with van der Waals surface area (Å²) in [6.07, 6.45) is 4.74. The second-order valence-electron chi connectivity index (χ2n) is 10.2. The number of benzene rings is 1. The van der Waals surface area contributed by atoms with Crippen LogP contribution in [0.4, 0.5) is 20.4 Å². The molecular weight excluding hydrogens is 546 g/mol. The molecule has 1 aliphatic rings. The van der Waals surface area contributed by atoms with E-state index < -0.39 is 11.8 Å². The van der Waals surface area contributed by atoms with Crippen LogP contribution in [0, 0.1) is 0 Å². The monoisotopic (exact) mass is 577 g/mol. The summed E-state index contributed by atoms with van der Waals surface area (Å²) in [5.74, 6) is 0.316. The Labute approximate surface area is 240 Å². The van der Waals surface area contributed by atoms with E-state index in [0.717, 1.165) is 32.8 Å². The normalized spacial score (nSPS) is 14.2. The van der Waals surface area contributed by atoms with E-state index in [4.69, 9.17) is 9.84 Å². The molecule has 214 valence electrons. The molecule has 0 spiro atoms. The number of carboxylic acid groups (broad SMARTS) is 1. The highest BCUT2D eigenvalue weighted by Crippen LogP contribution is 2.39. The number of carbonyl (C=O) groups excluding carboxylic acids is 1. The van der Waals surface area contributed by atoms with Crippen LogP contribution < -0.4 is 15.5 Å². The molecule has 1 saturated heterocycles. The summed E-state index contributed by atoms with van der Waals surface area (Å²) in [6, 6.07) is 7.51. The number of anilines is 2. The molecule has 0 radical (unpaired) electrons. The minimum absolute atomic E-state index is 0.306. The molecule has 0 bridgehead atoms. The van der Waals surface area contributed by atoms with Gasteiger partial charge in [0.05, 0.1) is 15.9 Å². The number of nitrogens with one attached hydrogen (secondary N) is 2. The van der Waals surface area contributed by atoms with Gasteiger partial charge in [0.2, 0.25) is 0 Å². The van der Waals surface area contributed by atoms with Gasteiger partial charge in [-0.1, -0.05) is 11.3 Å². The lowest BCUT2D eigenvalue weighted by Crippen LogP contribution is -2.37. The molecule has 3 aromatic heterocycles. The highest BCUT2D eigenvalue weighted by Gasteiger charge is 2.24. The van der Waals surface area contributed by atoms with Crippen molar-refractivity contribution < 1.29 is 24.5 Å². The summed E-state index contributed by atoms with van der Waals surface area (Å²) >= 11 is 1.36. The van der Waals surface area contributed by atoms with E-state index in [-0.39, 0.29) is 12.1 Å². The van der Waals surface area contributed by atoms with E-state index in [0.29, 0.717) is 48.9 Å². The minimum Gasteiger partial charge on any atom is -0.450 e. The van der Waals surface area contributed by atoms with Crippen LogP contribution in [0.3, 0.4) is 0 Å². The SMILES string of the molecule is CCNC(=O)Nc1nc2cc(-c3cnc(C(C)(C)O)nc3)cc(-c3cc(N4CCC(OC(=O)O)CC4)ccn3)c2s1. The Morgan fingerprint density at radius 1 is 1.12 bits per heavy atom. The van der Waals surface area contributed by atoms with Gasteiger partial charge >= 0.3 is 12.2 Å². The molecule has 4 aromatic rings. The molecule has 1 aliphatic heterocycles. The third-order valence-electron chi connectivity index (χ3n) is 6.67. The average molecular weight is 578 g/mol. The number of carbonyl (C=O) groups is 2. The topological polar surface area (TPSA) is 163 Å². The zero-order valence-corrected chi connectivity index (χ0v) is 23.7. The number of piperidine rings is 1. The Hall–Kier alpha value is -4.36. The van der Waals surface area contributed by atoms with Crippen LogP contribution in [0.15, 0.2) is 42.9 Å². The van der Waals surface area contributed by atoms with Gasteiger partial charge in [-0.2, -0.15) is 0 Å². The summed E-state index contributed by atoms with van der Waals surface area (Å²) in [4.78, 5) is 43.4. The van der Waals surface area contributed by atoms with Gasteiger partial charge in [0, 0.05) is 67.9 Å². The zero-order chi connectivity index (χ0) is 29.1. The Kier molecular flexibility index (Phi) is 7.99. The first-order valence-electron chi connectivity index (χ1n) is 13.3. The number of rotatable bonds is 7. The van der Waals surface area contributed by atoms with Crippen molar-refractivity contribution in [3.8, 4) is 22.4 Å². The van der Waals surface area contributed by atoms with Crippen molar-refractivity contribution in [3.63, 3.8) is 0 Å². The van der Waals surface area contributed by atoms with Gasteiger partial charge in [-0.3, -0.25) is 10.3 Å². The summed E-state index contributed by atoms with van der Waals surface area (Å²) in [5.41, 5.74) is 3.58. The van der Waals surface area contributed by atoms with Crippen LogP contribution >= 0.6 is 11.3 Å². The van der Waals surface area contributed by atoms with Crippen molar-refractivity contribution in [3.05, 3.63) is 48.7 Å². The summed E-state index contributed by atoms with van der Waals surface area (Å²) in [6.45, 7) is 6.90. The molecular formula is C28H31N7O5S. The molecule has 2 amide bonds. The molecule has 13 heteroatoms. The lowest BCUT2D eigenvalue weighted by molar-refractivity contribution is 0.0416. The Bertz CT molecular complexity index is 1560. The zero-order valence-electron chi connectivity index (χ0n) is 22.9. The lowest BCUT2D eigenvalue weighted by atomic mass is 10.0. The molecule has 0 unspecified atom stereocenters. The van der Waals surface area contributed by atoms with Crippen molar-refractivity contribution in [2.24, 2.45) is 0 Å². The molecule has 4 heterocycles. The summed E-state index contributed by atoms with van der Waals surface area (Å²) in [7, 11) is 0. The van der Waals surface area contributed by atoms with Gasteiger partial charge in [0.25, 0.3) is 0 Å². The van der Waals surface area contributed by atoms with Gasteiger partial charge in [0.1, 0.15) is 11.7 Å². The van der Waals surface area contributed by atoms with E-state index in [2.05, 4.69) is 35.5 Å². The second kappa shape index (κ2) is 11.6. The summed E-state index contributed by atoms with van der Waals surface area (Å²) < 4.78 is 5.81. The Morgan fingerprint density at radius 3 is 2.51 bits per heavy atom. The molecule has 41 heavy (non-hydrogen) atoms. The maximum absolute atomic E-state index is 12.2. The van der Waals surface area contributed by atoms with Crippen LogP contribution in [-0.2, 0) is 10.3 Å². The fourth-order valence-corrected chi connectivity index (χ4v) is 5.64. The summed E-state index contributed by atoms with van der Waals surface area (Å²) in [5, 5.41) is 25.2. The second-order valence-corrected chi connectivity index (χ2v) is 11.2. The van der Waals surface area contributed by atoms with E-state index in [1.807, 2.05) is 31.2 Å². The first kappa shape index (κ1) is 28.2. The number of ether oxygens (including phenoxy) is 1. The molecule has 1 aromatic carbocycles. The van der Waals surface area contributed by atoms with Crippen LogP contribution in [0.25, 0.3) is 32.6 Å². The fraction of sp³-hybridized carbons (Fsp3) is 0.357. The van der Waals surface area contributed by atoms with Crippen LogP contribution in [0.2, 0.25) is 0 Å².